The van der Waals surface area contributed by atoms with Crippen LogP contribution in [0.15, 0.2) is 0 Å². The molecule has 1 spiro atoms. The maximum Gasteiger partial charge on any atom is 0.0338 e. The summed E-state index contributed by atoms with van der Waals surface area (Å²) in [4.78, 5) is 2.37. The maximum absolute atomic E-state index is 3.60. The Morgan fingerprint density at radius 1 is 1.40 bits per heavy atom. The predicted molar refractivity (Wildman–Crippen MR) is 42.1 cm³/mol. The van der Waals surface area contributed by atoms with Crippen LogP contribution in [0.1, 0.15) is 19.3 Å². The van der Waals surface area contributed by atoms with E-state index in [4.69, 9.17) is 0 Å². The van der Waals surface area contributed by atoms with Crippen molar-refractivity contribution in [3.63, 3.8) is 0 Å². The van der Waals surface area contributed by atoms with Gasteiger partial charge in [0.1, 0.15) is 0 Å². The highest BCUT2D eigenvalue weighted by atomic mass is 15.2. The molecular formula is C8H16N2. The van der Waals surface area contributed by atoms with Crippen LogP contribution in [0.25, 0.3) is 0 Å². The van der Waals surface area contributed by atoms with Gasteiger partial charge in [-0.3, -0.25) is 0 Å². The molecule has 1 atom stereocenters. The Labute approximate surface area is 62.6 Å². The van der Waals surface area contributed by atoms with Gasteiger partial charge in [-0.15, -0.1) is 0 Å². The summed E-state index contributed by atoms with van der Waals surface area (Å²) in [5.74, 6) is 0. The van der Waals surface area contributed by atoms with Gasteiger partial charge in [-0.1, -0.05) is 0 Å². The molecule has 0 bridgehead atoms. The molecule has 1 N–H and O–H groups in total. The normalized spacial score (nSPS) is 35.7. The zero-order chi connectivity index (χ0) is 7.19. The van der Waals surface area contributed by atoms with E-state index in [0.717, 1.165) is 6.04 Å². The summed E-state index contributed by atoms with van der Waals surface area (Å²) in [6.45, 7) is 1.23. The third-order valence-corrected chi connectivity index (χ3v) is 2.94. The molecule has 2 rings (SSSR count). The summed E-state index contributed by atoms with van der Waals surface area (Å²) in [6, 6.07) is 0.812. The molecule has 0 aromatic carbocycles. The standard InChI is InChI=1S/C8H16N2/c1-10(2)7-3-6-9-8(7)4-5-8/h7,9H,3-6H2,1-2H3. The van der Waals surface area contributed by atoms with Crippen LogP contribution in [0, 0.1) is 0 Å². The third-order valence-electron chi connectivity index (χ3n) is 2.94. The van der Waals surface area contributed by atoms with E-state index in [1.165, 1.54) is 25.8 Å². The van der Waals surface area contributed by atoms with Gasteiger partial charge in [-0.2, -0.15) is 0 Å². The van der Waals surface area contributed by atoms with Crippen molar-refractivity contribution >= 4 is 0 Å². The van der Waals surface area contributed by atoms with Crippen LogP contribution < -0.4 is 5.32 Å². The van der Waals surface area contributed by atoms with Gasteiger partial charge in [-0.25, -0.2) is 0 Å². The Hall–Kier alpha value is -0.0800. The minimum Gasteiger partial charge on any atom is -0.310 e. The molecule has 2 nitrogen and oxygen atoms in total. The Balaban J connectivity index is 2.07. The summed E-state index contributed by atoms with van der Waals surface area (Å²) in [7, 11) is 4.38. The molecule has 1 saturated heterocycles. The van der Waals surface area contributed by atoms with Crippen molar-refractivity contribution in [2.24, 2.45) is 0 Å². The molecule has 0 aromatic rings. The van der Waals surface area contributed by atoms with Crippen molar-refractivity contribution in [2.75, 3.05) is 20.6 Å². The Morgan fingerprint density at radius 3 is 2.50 bits per heavy atom. The minimum absolute atomic E-state index is 0.559. The molecule has 1 unspecified atom stereocenters. The molecule has 0 radical (unpaired) electrons. The molecule has 10 heavy (non-hydrogen) atoms. The van der Waals surface area contributed by atoms with E-state index in [1.807, 2.05) is 0 Å². The minimum atomic E-state index is 0.559. The number of nitrogens with one attached hydrogen (secondary N) is 1. The Morgan fingerprint density at radius 2 is 2.10 bits per heavy atom. The highest BCUT2D eigenvalue weighted by Crippen LogP contribution is 2.44. The van der Waals surface area contributed by atoms with Crippen LogP contribution in [-0.4, -0.2) is 37.1 Å². The van der Waals surface area contributed by atoms with Gasteiger partial charge >= 0.3 is 0 Å². The second kappa shape index (κ2) is 1.95. The van der Waals surface area contributed by atoms with Crippen LogP contribution in [0.3, 0.4) is 0 Å². The summed E-state index contributed by atoms with van der Waals surface area (Å²) < 4.78 is 0. The lowest BCUT2D eigenvalue weighted by molar-refractivity contribution is 0.257. The summed E-state index contributed by atoms with van der Waals surface area (Å²) in [5, 5.41) is 3.60. The van der Waals surface area contributed by atoms with Crippen molar-refractivity contribution in [1.29, 1.82) is 0 Å². The monoisotopic (exact) mass is 140 g/mol. The number of likely N-dealkylation sites (N-methyl/N-ethyl adjacent to an activating group) is 1. The number of rotatable bonds is 1. The van der Waals surface area contributed by atoms with Crippen LogP contribution in [0.2, 0.25) is 0 Å². The summed E-state index contributed by atoms with van der Waals surface area (Å²) in [6.07, 6.45) is 4.14. The highest BCUT2D eigenvalue weighted by molar-refractivity contribution is 5.13. The van der Waals surface area contributed by atoms with Gasteiger partial charge in [0.15, 0.2) is 0 Å². The largest absolute Gasteiger partial charge is 0.310 e. The molecule has 1 aliphatic heterocycles. The molecule has 2 fully saturated rings. The van der Waals surface area contributed by atoms with Crippen LogP contribution >= 0.6 is 0 Å². The van der Waals surface area contributed by atoms with Gasteiger partial charge in [0.2, 0.25) is 0 Å². The lowest BCUT2D eigenvalue weighted by Crippen LogP contribution is -2.41. The van der Waals surface area contributed by atoms with Gasteiger partial charge in [-0.05, 0) is 39.9 Å². The van der Waals surface area contributed by atoms with Gasteiger partial charge in [0.05, 0.1) is 0 Å². The first kappa shape index (κ1) is 6.62. The highest BCUT2D eigenvalue weighted by Gasteiger charge is 2.52. The Bertz CT molecular complexity index is 138. The average molecular weight is 140 g/mol. The molecule has 1 heterocycles. The second-order valence-electron chi connectivity index (χ2n) is 3.85. The van der Waals surface area contributed by atoms with Crippen LogP contribution in [0.4, 0.5) is 0 Å². The fraction of sp³-hybridized carbons (Fsp3) is 1.00. The van der Waals surface area contributed by atoms with Crippen molar-refractivity contribution < 1.29 is 0 Å². The topological polar surface area (TPSA) is 15.3 Å². The van der Waals surface area contributed by atoms with Crippen molar-refractivity contribution in [3.05, 3.63) is 0 Å². The van der Waals surface area contributed by atoms with E-state index in [0.29, 0.717) is 5.54 Å². The molecule has 58 valence electrons. The number of nitrogens with zero attached hydrogens (tertiary/aromatic N) is 1. The summed E-state index contributed by atoms with van der Waals surface area (Å²) >= 11 is 0. The number of hydrogen-bond donors (Lipinski definition) is 1. The zero-order valence-electron chi connectivity index (χ0n) is 6.85. The van der Waals surface area contributed by atoms with E-state index in [2.05, 4.69) is 24.3 Å². The van der Waals surface area contributed by atoms with E-state index in [1.54, 1.807) is 0 Å². The van der Waals surface area contributed by atoms with Crippen molar-refractivity contribution in [3.8, 4) is 0 Å². The van der Waals surface area contributed by atoms with Gasteiger partial charge in [0.25, 0.3) is 0 Å². The van der Waals surface area contributed by atoms with E-state index >= 15 is 0 Å². The van der Waals surface area contributed by atoms with Gasteiger partial charge in [0, 0.05) is 11.6 Å². The lowest BCUT2D eigenvalue weighted by atomic mass is 10.1. The predicted octanol–water partition coefficient (Wildman–Crippen LogP) is 0.442. The maximum atomic E-state index is 3.60. The SMILES string of the molecule is CN(C)C1CCNC12CC2. The molecule has 2 heteroatoms. The van der Waals surface area contributed by atoms with Crippen LogP contribution in [0.5, 0.6) is 0 Å². The fourth-order valence-electron chi connectivity index (χ4n) is 2.25. The lowest BCUT2D eigenvalue weighted by Gasteiger charge is -2.25. The first-order valence-corrected chi connectivity index (χ1v) is 4.16. The first-order chi connectivity index (χ1) is 4.75. The van der Waals surface area contributed by atoms with E-state index < -0.39 is 0 Å². The first-order valence-electron chi connectivity index (χ1n) is 4.16. The van der Waals surface area contributed by atoms with Crippen molar-refractivity contribution in [2.45, 2.75) is 30.8 Å². The average Bonchev–Trinajstić information content (AvgIpc) is 2.42. The fourth-order valence-corrected chi connectivity index (χ4v) is 2.25. The molecule has 1 aliphatic carbocycles. The molecule has 2 aliphatic rings. The quantitative estimate of drug-likeness (QED) is 0.568. The summed E-state index contributed by atoms with van der Waals surface area (Å²) in [5.41, 5.74) is 0.559. The van der Waals surface area contributed by atoms with Crippen LogP contribution in [-0.2, 0) is 0 Å². The molecule has 0 aromatic heterocycles. The number of hydrogen-bond acceptors (Lipinski definition) is 2. The second-order valence-corrected chi connectivity index (χ2v) is 3.85. The smallest absolute Gasteiger partial charge is 0.0338 e. The molecular weight excluding hydrogens is 124 g/mol. The molecule has 0 amide bonds. The van der Waals surface area contributed by atoms with E-state index in [9.17, 15) is 0 Å². The zero-order valence-corrected chi connectivity index (χ0v) is 6.85. The van der Waals surface area contributed by atoms with Gasteiger partial charge < -0.3 is 10.2 Å². The Kier molecular flexibility index (Phi) is 1.29. The molecule has 1 saturated carbocycles. The van der Waals surface area contributed by atoms with E-state index in [-0.39, 0.29) is 0 Å². The van der Waals surface area contributed by atoms with Crippen molar-refractivity contribution in [1.82, 2.24) is 10.2 Å². The third kappa shape index (κ3) is 0.789.